The third-order valence-corrected chi connectivity index (χ3v) is 4.58. The number of benzene rings is 2. The summed E-state index contributed by atoms with van der Waals surface area (Å²) in [4.78, 5) is 10.7. The summed E-state index contributed by atoms with van der Waals surface area (Å²) in [5, 5.41) is 8.78. The number of fused-ring (bicyclic) bond motifs is 1. The molecule has 1 N–H and O–H groups in total. The third-order valence-electron chi connectivity index (χ3n) is 4.58. The van der Waals surface area contributed by atoms with Gasteiger partial charge in [-0.05, 0) is 62.6 Å². The molecule has 0 radical (unpaired) electrons. The van der Waals surface area contributed by atoms with Crippen LogP contribution in [0.25, 0.3) is 0 Å². The summed E-state index contributed by atoms with van der Waals surface area (Å²) in [6.45, 7) is 17.6. The van der Waals surface area contributed by atoms with Crippen molar-refractivity contribution in [3.05, 3.63) is 58.2 Å². The van der Waals surface area contributed by atoms with Gasteiger partial charge in [-0.2, -0.15) is 0 Å². The summed E-state index contributed by atoms with van der Waals surface area (Å²) in [6, 6.07) is 5.63. The molecule has 2 aromatic rings. The van der Waals surface area contributed by atoms with Crippen LogP contribution in [0.5, 0.6) is 11.5 Å². The van der Waals surface area contributed by atoms with Crippen LogP contribution in [0.15, 0.2) is 24.3 Å². The van der Waals surface area contributed by atoms with Gasteiger partial charge in [-0.3, -0.25) is 4.79 Å². The third kappa shape index (κ3) is 9.03. The van der Waals surface area contributed by atoms with Crippen molar-refractivity contribution in [3.8, 4) is 11.5 Å². The lowest BCUT2D eigenvalue weighted by atomic mass is 10.0. The normalized spacial score (nSPS) is 12.5. The number of aliphatic carboxylic acids is 1. The summed E-state index contributed by atoms with van der Waals surface area (Å²) < 4.78 is 39.8. The largest absolute Gasteiger partial charge is 0.487 e. The van der Waals surface area contributed by atoms with Gasteiger partial charge in [-0.1, -0.05) is 41.5 Å². The van der Waals surface area contributed by atoms with E-state index < -0.39 is 17.4 Å². The van der Waals surface area contributed by atoms with E-state index in [2.05, 4.69) is 0 Å². The van der Waals surface area contributed by atoms with Crippen molar-refractivity contribution in [1.29, 1.82) is 0 Å². The molecular formula is C27H40F2O4. The van der Waals surface area contributed by atoms with Gasteiger partial charge in [-0.15, -0.1) is 0 Å². The van der Waals surface area contributed by atoms with Gasteiger partial charge in [0.25, 0.3) is 0 Å². The monoisotopic (exact) mass is 466 g/mol. The molecule has 0 aliphatic carbocycles. The van der Waals surface area contributed by atoms with E-state index >= 15 is 0 Å². The molecule has 1 aliphatic rings. The Kier molecular flexibility index (Phi) is 13.3. The van der Waals surface area contributed by atoms with Crippen molar-refractivity contribution in [2.75, 3.05) is 0 Å². The first-order valence-corrected chi connectivity index (χ1v) is 11.8. The van der Waals surface area contributed by atoms with Gasteiger partial charge >= 0.3 is 5.97 Å². The highest BCUT2D eigenvalue weighted by Crippen LogP contribution is 2.39. The Hall–Kier alpha value is -2.63. The molecule has 0 aromatic heterocycles. The quantitative estimate of drug-likeness (QED) is 0.475. The van der Waals surface area contributed by atoms with Crippen molar-refractivity contribution in [2.45, 2.75) is 93.8 Å². The van der Waals surface area contributed by atoms with Gasteiger partial charge in [0.15, 0.2) is 11.6 Å². The fourth-order valence-electron chi connectivity index (χ4n) is 3.33. The molecule has 0 fully saturated rings. The average molecular weight is 467 g/mol. The minimum absolute atomic E-state index is 0.0268. The van der Waals surface area contributed by atoms with E-state index in [0.717, 1.165) is 11.1 Å². The molecule has 1 aliphatic heterocycles. The Morgan fingerprint density at radius 2 is 1.64 bits per heavy atom. The fourth-order valence-corrected chi connectivity index (χ4v) is 3.33. The van der Waals surface area contributed by atoms with E-state index in [0.29, 0.717) is 23.3 Å². The highest BCUT2D eigenvalue weighted by molar-refractivity contribution is 5.67. The lowest BCUT2D eigenvalue weighted by Crippen LogP contribution is -2.25. The highest BCUT2D eigenvalue weighted by Gasteiger charge is 2.32. The summed E-state index contributed by atoms with van der Waals surface area (Å²) >= 11 is 0. The fraction of sp³-hybridized carbons (Fsp3) is 0.519. The first-order chi connectivity index (χ1) is 15.6. The Labute approximate surface area is 197 Å². The van der Waals surface area contributed by atoms with Crippen LogP contribution >= 0.6 is 0 Å². The Balaban J connectivity index is 0.00000158. The van der Waals surface area contributed by atoms with Crippen LogP contribution in [0.3, 0.4) is 0 Å². The maximum Gasteiger partial charge on any atom is 0.303 e. The molecule has 0 amide bonds. The van der Waals surface area contributed by atoms with Crippen molar-refractivity contribution in [3.63, 3.8) is 0 Å². The minimum atomic E-state index is -0.932. The summed E-state index contributed by atoms with van der Waals surface area (Å²) in [6.07, 6.45) is 0.778. The van der Waals surface area contributed by atoms with Crippen LogP contribution in [-0.4, -0.2) is 16.7 Å². The van der Waals surface area contributed by atoms with Crippen molar-refractivity contribution in [1.82, 2.24) is 0 Å². The molecule has 3 rings (SSSR count). The first kappa shape index (κ1) is 30.4. The molecule has 0 atom stereocenters. The molecule has 2 aromatic carbocycles. The Morgan fingerprint density at radius 1 is 1.03 bits per heavy atom. The maximum absolute atomic E-state index is 14.4. The second-order valence-corrected chi connectivity index (χ2v) is 7.48. The van der Waals surface area contributed by atoms with Crippen LogP contribution < -0.4 is 9.47 Å². The highest BCUT2D eigenvalue weighted by atomic mass is 19.1. The predicted molar refractivity (Wildman–Crippen MR) is 130 cm³/mol. The summed E-state index contributed by atoms with van der Waals surface area (Å²) in [5.41, 5.74) is 2.26. The first-order valence-electron chi connectivity index (χ1n) is 11.8. The molecule has 0 spiro atoms. The smallest absolute Gasteiger partial charge is 0.303 e. The number of carboxylic acids is 1. The number of rotatable bonds is 6. The zero-order chi connectivity index (χ0) is 25.8. The zero-order valence-electron chi connectivity index (χ0n) is 21.6. The molecule has 1 heterocycles. The number of halogens is 2. The molecular weight excluding hydrogens is 426 g/mol. The SMILES string of the molecule is CC.CC.CC.Cc1cc(OCc2cc(F)cc3c2OC(C)(C)C3)c(F)cc1CCC(=O)O. The van der Waals surface area contributed by atoms with Crippen LogP contribution in [-0.2, 0) is 24.2 Å². The van der Waals surface area contributed by atoms with Crippen molar-refractivity contribution >= 4 is 5.97 Å². The second-order valence-electron chi connectivity index (χ2n) is 7.48. The molecule has 0 saturated carbocycles. The Morgan fingerprint density at radius 3 is 2.21 bits per heavy atom. The second kappa shape index (κ2) is 14.5. The standard InChI is InChI=1S/C21H22F2O4.3C2H6/c1-12-6-18(17(23)9-13(12)4-5-19(24)25)26-11-15-8-16(22)7-14-10-21(2,3)27-20(14)15;3*1-2/h6-9H,4-5,10-11H2,1-3H3,(H,24,25);3*1-2H3. The lowest BCUT2D eigenvalue weighted by molar-refractivity contribution is -0.136. The number of carboxylic acid groups (broad SMARTS) is 1. The Bertz CT molecular complexity index is 892. The van der Waals surface area contributed by atoms with Crippen LogP contribution in [0.4, 0.5) is 8.78 Å². The lowest BCUT2D eigenvalue weighted by Gasteiger charge is -2.18. The molecule has 0 unspecified atom stereocenters. The molecule has 186 valence electrons. The van der Waals surface area contributed by atoms with Crippen LogP contribution in [0.1, 0.15) is 84.1 Å². The topological polar surface area (TPSA) is 55.8 Å². The van der Waals surface area contributed by atoms with Crippen molar-refractivity contribution in [2.24, 2.45) is 0 Å². The van der Waals surface area contributed by atoms with Gasteiger partial charge < -0.3 is 14.6 Å². The van der Waals surface area contributed by atoms with Crippen LogP contribution in [0, 0.1) is 18.6 Å². The summed E-state index contributed by atoms with van der Waals surface area (Å²) in [7, 11) is 0. The number of hydrogen-bond acceptors (Lipinski definition) is 3. The predicted octanol–water partition coefficient (Wildman–Crippen LogP) is 7.66. The van der Waals surface area contributed by atoms with E-state index in [9.17, 15) is 13.6 Å². The van der Waals surface area contributed by atoms with Gasteiger partial charge in [0.2, 0.25) is 0 Å². The number of hydrogen-bond donors (Lipinski definition) is 1. The van der Waals surface area contributed by atoms with Crippen molar-refractivity contribution < 1.29 is 28.2 Å². The zero-order valence-corrected chi connectivity index (χ0v) is 21.6. The number of carbonyl (C=O) groups is 1. The minimum Gasteiger partial charge on any atom is -0.487 e. The molecule has 4 nitrogen and oxygen atoms in total. The molecule has 6 heteroatoms. The summed E-state index contributed by atoms with van der Waals surface area (Å²) in [5.74, 6) is -1.25. The average Bonchev–Trinajstić information content (AvgIpc) is 3.10. The molecule has 0 bridgehead atoms. The van der Waals surface area contributed by atoms with E-state index in [1.807, 2.05) is 55.4 Å². The van der Waals surface area contributed by atoms with Gasteiger partial charge in [-0.25, -0.2) is 8.78 Å². The van der Waals surface area contributed by atoms with Gasteiger partial charge in [0, 0.05) is 24.0 Å². The number of aryl methyl sites for hydroxylation is 2. The van der Waals surface area contributed by atoms with E-state index in [1.54, 1.807) is 6.92 Å². The number of ether oxygens (including phenoxy) is 2. The maximum atomic E-state index is 14.4. The van der Waals surface area contributed by atoms with Gasteiger partial charge in [0.1, 0.15) is 23.8 Å². The molecule has 0 saturated heterocycles. The van der Waals surface area contributed by atoms with E-state index in [1.165, 1.54) is 24.3 Å². The molecule has 33 heavy (non-hydrogen) atoms. The van der Waals surface area contributed by atoms with E-state index in [-0.39, 0.29) is 31.0 Å². The van der Waals surface area contributed by atoms with E-state index in [4.69, 9.17) is 14.6 Å². The van der Waals surface area contributed by atoms with Crippen LogP contribution in [0.2, 0.25) is 0 Å². The van der Waals surface area contributed by atoms with Gasteiger partial charge in [0.05, 0.1) is 0 Å².